The van der Waals surface area contributed by atoms with Crippen molar-refractivity contribution in [2.24, 2.45) is 0 Å². The van der Waals surface area contributed by atoms with E-state index in [0.717, 1.165) is 12.8 Å². The molecule has 2 aliphatic heterocycles. The molecule has 0 spiro atoms. The quantitative estimate of drug-likeness (QED) is 0.763. The van der Waals surface area contributed by atoms with Crippen molar-refractivity contribution in [3.8, 4) is 0 Å². The SMILES string of the molecule is CN1C(C)(C)CC(N2CCNC(=O)NC2=O)CC1(C)C. The van der Waals surface area contributed by atoms with Gasteiger partial charge in [-0.15, -0.1) is 0 Å². The number of urea groups is 2. The standard InChI is InChI=1S/C14H26N4O2/c1-13(2)8-10(9-14(3,4)17(13)5)18-7-6-15-11(19)16-12(18)20/h10H,6-9H2,1-5H3,(H2,15,16,19,20). The van der Waals surface area contributed by atoms with Crippen LogP contribution in [-0.2, 0) is 0 Å². The molecule has 0 aromatic rings. The van der Waals surface area contributed by atoms with Crippen LogP contribution in [0, 0.1) is 0 Å². The van der Waals surface area contributed by atoms with Gasteiger partial charge in [-0.1, -0.05) is 0 Å². The fourth-order valence-corrected chi connectivity index (χ4v) is 3.49. The van der Waals surface area contributed by atoms with Gasteiger partial charge in [-0.3, -0.25) is 10.2 Å². The van der Waals surface area contributed by atoms with Crippen molar-refractivity contribution in [1.82, 2.24) is 20.4 Å². The molecule has 2 saturated heterocycles. The predicted octanol–water partition coefficient (Wildman–Crippen LogP) is 1.37. The zero-order valence-corrected chi connectivity index (χ0v) is 13.1. The highest BCUT2D eigenvalue weighted by Gasteiger charge is 2.45. The van der Waals surface area contributed by atoms with E-state index in [4.69, 9.17) is 0 Å². The first-order valence-corrected chi connectivity index (χ1v) is 7.23. The predicted molar refractivity (Wildman–Crippen MR) is 77.6 cm³/mol. The number of nitrogens with zero attached hydrogens (tertiary/aromatic N) is 2. The number of nitrogens with one attached hydrogen (secondary N) is 2. The summed E-state index contributed by atoms with van der Waals surface area (Å²) >= 11 is 0. The van der Waals surface area contributed by atoms with Gasteiger partial charge < -0.3 is 10.2 Å². The molecular weight excluding hydrogens is 256 g/mol. The summed E-state index contributed by atoms with van der Waals surface area (Å²) in [6.07, 6.45) is 1.82. The highest BCUT2D eigenvalue weighted by atomic mass is 16.2. The Bertz CT molecular complexity index is 401. The maximum atomic E-state index is 12.2. The van der Waals surface area contributed by atoms with Crippen LogP contribution < -0.4 is 10.6 Å². The molecule has 2 N–H and O–H groups in total. The maximum Gasteiger partial charge on any atom is 0.325 e. The number of hydrogen-bond acceptors (Lipinski definition) is 3. The summed E-state index contributed by atoms with van der Waals surface area (Å²) in [6, 6.07) is -0.519. The highest BCUT2D eigenvalue weighted by Crippen LogP contribution is 2.38. The van der Waals surface area contributed by atoms with Crippen molar-refractivity contribution in [3.05, 3.63) is 0 Å². The molecule has 0 atom stereocenters. The van der Waals surface area contributed by atoms with E-state index in [1.165, 1.54) is 0 Å². The molecule has 114 valence electrons. The van der Waals surface area contributed by atoms with Crippen LogP contribution in [0.4, 0.5) is 9.59 Å². The molecule has 2 rings (SSSR count). The summed E-state index contributed by atoms with van der Waals surface area (Å²) in [6.45, 7) is 9.91. The number of carbonyl (C=O) groups is 2. The van der Waals surface area contributed by atoms with Gasteiger partial charge in [0.1, 0.15) is 0 Å². The van der Waals surface area contributed by atoms with E-state index in [-0.39, 0.29) is 23.2 Å². The van der Waals surface area contributed by atoms with E-state index < -0.39 is 6.03 Å². The fraction of sp³-hybridized carbons (Fsp3) is 0.857. The number of imide groups is 1. The molecule has 2 fully saturated rings. The number of piperidine rings is 1. The van der Waals surface area contributed by atoms with Gasteiger partial charge in [0.05, 0.1) is 0 Å². The smallest absolute Gasteiger partial charge is 0.325 e. The topological polar surface area (TPSA) is 64.7 Å². The molecule has 0 aliphatic carbocycles. The Labute approximate surface area is 120 Å². The summed E-state index contributed by atoms with van der Waals surface area (Å²) in [5.74, 6) is 0. The molecule has 0 aromatic heterocycles. The average molecular weight is 282 g/mol. The van der Waals surface area contributed by atoms with E-state index >= 15 is 0 Å². The fourth-order valence-electron chi connectivity index (χ4n) is 3.49. The molecule has 0 aromatic carbocycles. The second-order valence-corrected chi connectivity index (χ2v) is 7.13. The van der Waals surface area contributed by atoms with Crippen molar-refractivity contribution in [3.63, 3.8) is 0 Å². The summed E-state index contributed by atoms with van der Waals surface area (Å²) in [5, 5.41) is 5.05. The average Bonchev–Trinajstić information content (AvgIpc) is 2.46. The van der Waals surface area contributed by atoms with Crippen LogP contribution in [0.25, 0.3) is 0 Å². The van der Waals surface area contributed by atoms with Crippen molar-refractivity contribution in [2.75, 3.05) is 20.1 Å². The van der Waals surface area contributed by atoms with Gasteiger partial charge in [0, 0.05) is 30.2 Å². The lowest BCUT2D eigenvalue weighted by molar-refractivity contribution is -0.0377. The number of amides is 4. The summed E-state index contributed by atoms with van der Waals surface area (Å²) in [5.41, 5.74) is 0.0485. The number of carbonyl (C=O) groups excluding carboxylic acids is 2. The van der Waals surface area contributed by atoms with Crippen LogP contribution >= 0.6 is 0 Å². The number of likely N-dealkylation sites (tertiary alicyclic amines) is 1. The molecule has 20 heavy (non-hydrogen) atoms. The molecule has 2 heterocycles. The van der Waals surface area contributed by atoms with Crippen LogP contribution in [0.2, 0.25) is 0 Å². The van der Waals surface area contributed by atoms with Crippen LogP contribution in [-0.4, -0.2) is 59.1 Å². The highest BCUT2D eigenvalue weighted by molar-refractivity contribution is 5.94. The lowest BCUT2D eigenvalue weighted by Crippen LogP contribution is -2.63. The Kier molecular flexibility index (Phi) is 3.71. The van der Waals surface area contributed by atoms with Crippen molar-refractivity contribution >= 4 is 12.1 Å². The van der Waals surface area contributed by atoms with E-state index in [0.29, 0.717) is 13.1 Å². The van der Waals surface area contributed by atoms with Crippen LogP contribution in [0.3, 0.4) is 0 Å². The molecule has 0 radical (unpaired) electrons. The third kappa shape index (κ3) is 2.75. The largest absolute Gasteiger partial charge is 0.336 e. The van der Waals surface area contributed by atoms with Crippen molar-refractivity contribution in [1.29, 1.82) is 0 Å². The van der Waals surface area contributed by atoms with Gasteiger partial charge in [-0.05, 0) is 47.6 Å². The minimum absolute atomic E-state index is 0.0242. The molecule has 6 heteroatoms. The van der Waals surface area contributed by atoms with Gasteiger partial charge in [0.2, 0.25) is 0 Å². The molecule has 0 saturated carbocycles. The Morgan fingerprint density at radius 2 is 1.65 bits per heavy atom. The molecule has 4 amide bonds. The van der Waals surface area contributed by atoms with Crippen LogP contribution in [0.5, 0.6) is 0 Å². The number of rotatable bonds is 1. The molecule has 0 bridgehead atoms. The first-order chi connectivity index (χ1) is 9.13. The number of hydrogen-bond donors (Lipinski definition) is 2. The summed E-state index contributed by atoms with van der Waals surface area (Å²) < 4.78 is 0. The monoisotopic (exact) mass is 282 g/mol. The van der Waals surface area contributed by atoms with Gasteiger partial charge in [0.25, 0.3) is 0 Å². The second-order valence-electron chi connectivity index (χ2n) is 7.13. The van der Waals surface area contributed by atoms with Gasteiger partial charge in [-0.25, -0.2) is 9.59 Å². The normalized spacial score (nSPS) is 27.8. The first-order valence-electron chi connectivity index (χ1n) is 7.23. The van der Waals surface area contributed by atoms with Gasteiger partial charge in [0.15, 0.2) is 0 Å². The minimum atomic E-state index is -0.399. The van der Waals surface area contributed by atoms with E-state index in [2.05, 4.69) is 50.3 Å². The van der Waals surface area contributed by atoms with E-state index in [1.54, 1.807) is 0 Å². The maximum absolute atomic E-state index is 12.2. The Morgan fingerprint density at radius 1 is 1.10 bits per heavy atom. The van der Waals surface area contributed by atoms with Gasteiger partial charge in [-0.2, -0.15) is 0 Å². The molecular formula is C14H26N4O2. The Balaban J connectivity index is 2.20. The molecule has 6 nitrogen and oxygen atoms in total. The van der Waals surface area contributed by atoms with Crippen molar-refractivity contribution in [2.45, 2.75) is 57.7 Å². The third-order valence-corrected chi connectivity index (χ3v) is 4.85. The third-order valence-electron chi connectivity index (χ3n) is 4.85. The van der Waals surface area contributed by atoms with Crippen LogP contribution in [0.15, 0.2) is 0 Å². The Hall–Kier alpha value is -1.30. The lowest BCUT2D eigenvalue weighted by atomic mass is 9.77. The lowest BCUT2D eigenvalue weighted by Gasteiger charge is -2.55. The van der Waals surface area contributed by atoms with E-state index in [1.807, 2.05) is 4.90 Å². The van der Waals surface area contributed by atoms with Crippen molar-refractivity contribution < 1.29 is 9.59 Å². The van der Waals surface area contributed by atoms with Gasteiger partial charge >= 0.3 is 12.1 Å². The summed E-state index contributed by atoms with van der Waals surface area (Å²) in [7, 11) is 2.14. The zero-order valence-electron chi connectivity index (χ0n) is 13.1. The molecule has 2 aliphatic rings. The molecule has 0 unspecified atom stereocenters. The second kappa shape index (κ2) is 4.91. The van der Waals surface area contributed by atoms with E-state index in [9.17, 15) is 9.59 Å². The zero-order chi connectivity index (χ0) is 15.1. The first kappa shape index (κ1) is 15.1. The minimum Gasteiger partial charge on any atom is -0.336 e. The summed E-state index contributed by atoms with van der Waals surface area (Å²) in [4.78, 5) is 27.7. The van der Waals surface area contributed by atoms with Crippen LogP contribution in [0.1, 0.15) is 40.5 Å². The Morgan fingerprint density at radius 3 is 2.20 bits per heavy atom.